The summed E-state index contributed by atoms with van der Waals surface area (Å²) in [5.74, 6) is -0.581. The first-order valence-electron chi connectivity index (χ1n) is 8.09. The summed E-state index contributed by atoms with van der Waals surface area (Å²) in [6.45, 7) is 6.28. The molecule has 2 aromatic rings. The van der Waals surface area contributed by atoms with Gasteiger partial charge in [0.15, 0.2) is 0 Å². The van der Waals surface area contributed by atoms with Crippen LogP contribution in [0.3, 0.4) is 0 Å². The standard InChI is InChI=1S/C19H22ClFN2O/c1-3-23(4-2)18(16-7-5-6-8-17(16)20)13-22-19(24)14-9-11-15(21)12-10-14/h5-12,18H,3-4,13H2,1-2H3,(H,22,24). The molecule has 0 spiro atoms. The lowest BCUT2D eigenvalue weighted by Gasteiger charge is -2.31. The van der Waals surface area contributed by atoms with Crippen molar-refractivity contribution in [3.63, 3.8) is 0 Å². The van der Waals surface area contributed by atoms with Crippen molar-refractivity contribution in [2.45, 2.75) is 19.9 Å². The molecular formula is C19H22ClFN2O. The molecule has 2 rings (SSSR count). The highest BCUT2D eigenvalue weighted by molar-refractivity contribution is 6.31. The number of hydrogen-bond donors (Lipinski definition) is 1. The smallest absolute Gasteiger partial charge is 0.251 e. The minimum atomic E-state index is -0.358. The minimum absolute atomic E-state index is 0.0156. The lowest BCUT2D eigenvalue weighted by molar-refractivity contribution is 0.0935. The predicted octanol–water partition coefficient (Wildman–Crippen LogP) is 4.29. The molecule has 3 nitrogen and oxygen atoms in total. The molecule has 0 aromatic heterocycles. The van der Waals surface area contributed by atoms with Gasteiger partial charge in [0.1, 0.15) is 5.82 Å². The molecule has 0 aliphatic carbocycles. The molecule has 0 heterocycles. The molecule has 1 N–H and O–H groups in total. The number of likely N-dealkylation sites (N-methyl/N-ethyl adjacent to an activating group) is 1. The molecule has 1 unspecified atom stereocenters. The number of rotatable bonds is 7. The van der Waals surface area contributed by atoms with Crippen LogP contribution in [0.2, 0.25) is 5.02 Å². The minimum Gasteiger partial charge on any atom is -0.350 e. The zero-order chi connectivity index (χ0) is 17.5. The van der Waals surface area contributed by atoms with Crippen LogP contribution in [0, 0.1) is 5.82 Å². The molecule has 128 valence electrons. The number of benzene rings is 2. The number of carbonyl (C=O) groups is 1. The monoisotopic (exact) mass is 348 g/mol. The van der Waals surface area contributed by atoms with Crippen molar-refractivity contribution < 1.29 is 9.18 Å². The second kappa shape index (κ2) is 8.81. The Kier molecular flexibility index (Phi) is 6.76. The van der Waals surface area contributed by atoms with Crippen molar-refractivity contribution in [3.8, 4) is 0 Å². The fraction of sp³-hybridized carbons (Fsp3) is 0.316. The highest BCUT2D eigenvalue weighted by Crippen LogP contribution is 2.27. The first-order chi connectivity index (χ1) is 11.6. The highest BCUT2D eigenvalue weighted by atomic mass is 35.5. The van der Waals surface area contributed by atoms with Crippen LogP contribution in [0.5, 0.6) is 0 Å². The summed E-state index contributed by atoms with van der Waals surface area (Å²) in [5, 5.41) is 3.62. The van der Waals surface area contributed by atoms with Crippen LogP contribution < -0.4 is 5.32 Å². The lowest BCUT2D eigenvalue weighted by Crippen LogP contribution is -2.38. The second-order valence-electron chi connectivity index (χ2n) is 5.48. The third kappa shape index (κ3) is 4.56. The molecule has 0 saturated heterocycles. The summed E-state index contributed by atoms with van der Waals surface area (Å²) in [5.41, 5.74) is 1.43. The lowest BCUT2D eigenvalue weighted by atomic mass is 10.0. The van der Waals surface area contributed by atoms with E-state index in [4.69, 9.17) is 11.6 Å². The van der Waals surface area contributed by atoms with E-state index >= 15 is 0 Å². The molecule has 0 aliphatic rings. The Bertz CT molecular complexity index is 671. The van der Waals surface area contributed by atoms with Crippen LogP contribution in [0.25, 0.3) is 0 Å². The van der Waals surface area contributed by atoms with E-state index in [2.05, 4.69) is 24.1 Å². The molecule has 1 amide bonds. The van der Waals surface area contributed by atoms with Gasteiger partial charge in [-0.1, -0.05) is 43.6 Å². The van der Waals surface area contributed by atoms with Crippen LogP contribution in [-0.4, -0.2) is 30.4 Å². The topological polar surface area (TPSA) is 32.3 Å². The van der Waals surface area contributed by atoms with E-state index < -0.39 is 0 Å². The maximum Gasteiger partial charge on any atom is 0.251 e. The van der Waals surface area contributed by atoms with E-state index in [-0.39, 0.29) is 17.8 Å². The van der Waals surface area contributed by atoms with Gasteiger partial charge in [-0.25, -0.2) is 4.39 Å². The van der Waals surface area contributed by atoms with Gasteiger partial charge in [-0.2, -0.15) is 0 Å². The molecule has 2 aromatic carbocycles. The fourth-order valence-corrected chi connectivity index (χ4v) is 3.00. The largest absolute Gasteiger partial charge is 0.350 e. The Labute approximate surface area is 147 Å². The Balaban J connectivity index is 2.15. The first kappa shape index (κ1) is 18.4. The number of halogens is 2. The Morgan fingerprint density at radius 3 is 2.33 bits per heavy atom. The van der Waals surface area contributed by atoms with Crippen molar-refractivity contribution >= 4 is 17.5 Å². The van der Waals surface area contributed by atoms with Gasteiger partial charge in [0.2, 0.25) is 0 Å². The quantitative estimate of drug-likeness (QED) is 0.809. The number of nitrogens with one attached hydrogen (secondary N) is 1. The van der Waals surface area contributed by atoms with Crippen LogP contribution in [0.15, 0.2) is 48.5 Å². The predicted molar refractivity (Wildman–Crippen MR) is 95.8 cm³/mol. The zero-order valence-electron chi connectivity index (χ0n) is 13.9. The van der Waals surface area contributed by atoms with Crippen molar-refractivity contribution in [3.05, 3.63) is 70.5 Å². The van der Waals surface area contributed by atoms with Crippen molar-refractivity contribution in [1.29, 1.82) is 0 Å². The molecule has 1 atom stereocenters. The summed E-state index contributed by atoms with van der Waals surface area (Å²) in [6, 6.07) is 13.2. The fourth-order valence-electron chi connectivity index (χ4n) is 2.74. The second-order valence-corrected chi connectivity index (χ2v) is 5.88. The number of carbonyl (C=O) groups excluding carboxylic acids is 1. The number of amides is 1. The van der Waals surface area contributed by atoms with E-state index in [9.17, 15) is 9.18 Å². The maximum atomic E-state index is 13.0. The van der Waals surface area contributed by atoms with E-state index in [0.29, 0.717) is 17.1 Å². The van der Waals surface area contributed by atoms with Gasteiger partial charge in [0.25, 0.3) is 5.91 Å². The molecule has 5 heteroatoms. The van der Waals surface area contributed by atoms with E-state index in [0.717, 1.165) is 18.7 Å². The zero-order valence-corrected chi connectivity index (χ0v) is 14.7. The van der Waals surface area contributed by atoms with E-state index in [1.807, 2.05) is 24.3 Å². The van der Waals surface area contributed by atoms with E-state index in [1.54, 1.807) is 0 Å². The maximum absolute atomic E-state index is 13.0. The number of hydrogen-bond acceptors (Lipinski definition) is 2. The van der Waals surface area contributed by atoms with Gasteiger partial charge in [-0.3, -0.25) is 9.69 Å². The average Bonchev–Trinajstić information content (AvgIpc) is 2.60. The third-order valence-corrected chi connectivity index (χ3v) is 4.42. The Morgan fingerprint density at radius 1 is 1.12 bits per heavy atom. The molecule has 0 saturated carbocycles. The molecule has 24 heavy (non-hydrogen) atoms. The van der Waals surface area contributed by atoms with Gasteiger partial charge in [0.05, 0.1) is 6.04 Å². The summed E-state index contributed by atoms with van der Waals surface area (Å²) >= 11 is 6.35. The van der Waals surface area contributed by atoms with Gasteiger partial charge in [-0.15, -0.1) is 0 Å². The average molecular weight is 349 g/mol. The van der Waals surface area contributed by atoms with Crippen LogP contribution in [0.4, 0.5) is 4.39 Å². The van der Waals surface area contributed by atoms with Gasteiger partial charge in [-0.05, 0) is 49.0 Å². The van der Waals surface area contributed by atoms with Crippen molar-refractivity contribution in [2.24, 2.45) is 0 Å². The van der Waals surface area contributed by atoms with E-state index in [1.165, 1.54) is 24.3 Å². The van der Waals surface area contributed by atoms with Crippen molar-refractivity contribution in [2.75, 3.05) is 19.6 Å². The SMILES string of the molecule is CCN(CC)C(CNC(=O)c1ccc(F)cc1)c1ccccc1Cl. The number of nitrogens with zero attached hydrogens (tertiary/aromatic N) is 1. The van der Waals surface area contributed by atoms with Crippen LogP contribution in [-0.2, 0) is 0 Å². The molecule has 0 radical (unpaired) electrons. The Morgan fingerprint density at radius 2 is 1.75 bits per heavy atom. The summed E-state index contributed by atoms with van der Waals surface area (Å²) in [6.07, 6.45) is 0. The Hall–Kier alpha value is -1.91. The van der Waals surface area contributed by atoms with Gasteiger partial charge >= 0.3 is 0 Å². The third-order valence-electron chi connectivity index (χ3n) is 4.08. The van der Waals surface area contributed by atoms with Crippen molar-refractivity contribution in [1.82, 2.24) is 10.2 Å². The summed E-state index contributed by atoms with van der Waals surface area (Å²) in [4.78, 5) is 14.5. The molecule has 0 fully saturated rings. The van der Waals surface area contributed by atoms with Gasteiger partial charge < -0.3 is 5.32 Å². The molecular weight excluding hydrogens is 327 g/mol. The van der Waals surface area contributed by atoms with Crippen LogP contribution in [0.1, 0.15) is 35.8 Å². The van der Waals surface area contributed by atoms with Crippen LogP contribution >= 0.6 is 11.6 Å². The highest BCUT2D eigenvalue weighted by Gasteiger charge is 2.21. The molecule has 0 bridgehead atoms. The summed E-state index contributed by atoms with van der Waals surface area (Å²) < 4.78 is 13.0. The normalized spacial score (nSPS) is 12.2. The summed E-state index contributed by atoms with van der Waals surface area (Å²) in [7, 11) is 0. The first-order valence-corrected chi connectivity index (χ1v) is 8.46. The van der Waals surface area contributed by atoms with Gasteiger partial charge in [0, 0.05) is 17.1 Å². The molecule has 0 aliphatic heterocycles.